The van der Waals surface area contributed by atoms with Crippen molar-refractivity contribution in [2.24, 2.45) is 0 Å². The molecule has 6 nitrogen and oxygen atoms in total. The van der Waals surface area contributed by atoms with Crippen LogP contribution in [0.5, 0.6) is 5.75 Å². The molecule has 1 aliphatic heterocycles. The molecule has 1 heterocycles. The van der Waals surface area contributed by atoms with Crippen molar-refractivity contribution >= 4 is 29.2 Å². The SMILES string of the molecule is COC(=O)Cc1ccc(OCc2ccc(Cl)cc2)c(CN2CCN(c3ccc(C(F)(F)F)cc3)C(=O)C2)c1. The summed E-state index contributed by atoms with van der Waals surface area (Å²) >= 11 is 5.96. The van der Waals surface area contributed by atoms with Crippen molar-refractivity contribution in [2.45, 2.75) is 25.7 Å². The molecule has 38 heavy (non-hydrogen) atoms. The van der Waals surface area contributed by atoms with Gasteiger partial charge in [-0.15, -0.1) is 0 Å². The molecular weight excluding hydrogens is 521 g/mol. The highest BCUT2D eigenvalue weighted by atomic mass is 35.5. The average Bonchev–Trinajstić information content (AvgIpc) is 2.89. The van der Waals surface area contributed by atoms with Crippen LogP contribution in [-0.4, -0.2) is 43.5 Å². The van der Waals surface area contributed by atoms with Crippen LogP contribution in [-0.2, 0) is 40.1 Å². The van der Waals surface area contributed by atoms with Crippen molar-refractivity contribution in [2.75, 3.05) is 31.6 Å². The molecule has 10 heteroatoms. The molecule has 0 saturated carbocycles. The minimum absolute atomic E-state index is 0.0822. The van der Waals surface area contributed by atoms with E-state index in [9.17, 15) is 22.8 Å². The molecule has 0 atom stereocenters. The second-order valence-corrected chi connectivity index (χ2v) is 9.35. The van der Waals surface area contributed by atoms with Gasteiger partial charge in [0.05, 0.1) is 25.6 Å². The number of nitrogens with zero attached hydrogens (tertiary/aromatic N) is 2. The third kappa shape index (κ3) is 7.05. The summed E-state index contributed by atoms with van der Waals surface area (Å²) in [6.07, 6.45) is -4.33. The maximum Gasteiger partial charge on any atom is 0.416 e. The highest BCUT2D eigenvalue weighted by molar-refractivity contribution is 6.30. The molecule has 0 unspecified atom stereocenters. The van der Waals surface area contributed by atoms with Gasteiger partial charge >= 0.3 is 12.1 Å². The molecule has 1 saturated heterocycles. The molecule has 0 aromatic heterocycles. The Morgan fingerprint density at radius 1 is 0.974 bits per heavy atom. The van der Waals surface area contributed by atoms with Gasteiger partial charge in [0.25, 0.3) is 0 Å². The number of methoxy groups -OCH3 is 1. The van der Waals surface area contributed by atoms with Crippen LogP contribution in [0.1, 0.15) is 22.3 Å². The summed E-state index contributed by atoms with van der Waals surface area (Å²) in [4.78, 5) is 28.1. The minimum Gasteiger partial charge on any atom is -0.489 e. The maximum atomic E-state index is 12.9. The topological polar surface area (TPSA) is 59.1 Å². The van der Waals surface area contributed by atoms with E-state index in [1.807, 2.05) is 23.1 Å². The zero-order valence-electron chi connectivity index (χ0n) is 20.6. The number of halogens is 4. The lowest BCUT2D eigenvalue weighted by molar-refractivity contribution is -0.140. The number of alkyl halides is 3. The van der Waals surface area contributed by atoms with Gasteiger partial charge in [0.2, 0.25) is 5.91 Å². The number of hydrogen-bond donors (Lipinski definition) is 0. The lowest BCUT2D eigenvalue weighted by Crippen LogP contribution is -2.50. The van der Waals surface area contributed by atoms with Crippen LogP contribution in [0.2, 0.25) is 5.02 Å². The van der Waals surface area contributed by atoms with Crippen LogP contribution in [0, 0.1) is 0 Å². The molecule has 3 aromatic carbocycles. The van der Waals surface area contributed by atoms with Crippen LogP contribution in [0.4, 0.5) is 18.9 Å². The number of anilines is 1. The molecule has 0 bridgehead atoms. The van der Waals surface area contributed by atoms with Gasteiger partial charge in [0.15, 0.2) is 0 Å². The number of esters is 1. The van der Waals surface area contributed by atoms with Crippen molar-refractivity contribution < 1.29 is 32.2 Å². The average molecular weight is 547 g/mol. The highest BCUT2D eigenvalue weighted by Gasteiger charge is 2.31. The van der Waals surface area contributed by atoms with E-state index >= 15 is 0 Å². The largest absolute Gasteiger partial charge is 0.489 e. The van der Waals surface area contributed by atoms with Gasteiger partial charge in [-0.05, 0) is 53.6 Å². The van der Waals surface area contributed by atoms with Crippen molar-refractivity contribution in [1.29, 1.82) is 0 Å². The number of amides is 1. The van der Waals surface area contributed by atoms with Crippen LogP contribution in [0.15, 0.2) is 66.7 Å². The first-order valence-corrected chi connectivity index (χ1v) is 12.3. The molecule has 0 spiro atoms. The Labute approximate surface area is 223 Å². The van der Waals surface area contributed by atoms with Crippen LogP contribution >= 0.6 is 11.6 Å². The Morgan fingerprint density at radius 3 is 2.29 bits per heavy atom. The monoisotopic (exact) mass is 546 g/mol. The summed E-state index contributed by atoms with van der Waals surface area (Å²) < 4.78 is 49.5. The molecule has 4 rings (SSSR count). The Bertz CT molecular complexity index is 1280. The van der Waals surface area contributed by atoms with Crippen LogP contribution in [0.3, 0.4) is 0 Å². The fraction of sp³-hybridized carbons (Fsp3) is 0.286. The van der Waals surface area contributed by atoms with Crippen molar-refractivity contribution in [3.63, 3.8) is 0 Å². The van der Waals surface area contributed by atoms with Gasteiger partial charge in [0, 0.05) is 35.9 Å². The van der Waals surface area contributed by atoms with Gasteiger partial charge < -0.3 is 14.4 Å². The summed E-state index contributed by atoms with van der Waals surface area (Å²) in [6, 6.07) is 17.3. The van der Waals surface area contributed by atoms with Crippen molar-refractivity contribution in [3.8, 4) is 5.75 Å². The van der Waals surface area contributed by atoms with Gasteiger partial charge in [-0.25, -0.2) is 0 Å². The number of benzene rings is 3. The first-order chi connectivity index (χ1) is 18.1. The molecular formula is C28H26ClF3N2O4. The molecule has 1 amide bonds. The Kier molecular flexibility index (Phi) is 8.58. The maximum absolute atomic E-state index is 12.9. The number of ether oxygens (including phenoxy) is 2. The van der Waals surface area contributed by atoms with Crippen LogP contribution < -0.4 is 9.64 Å². The normalized spacial score (nSPS) is 14.4. The van der Waals surface area contributed by atoms with Gasteiger partial charge in [-0.2, -0.15) is 13.2 Å². The molecule has 1 fully saturated rings. The Morgan fingerprint density at radius 2 is 1.66 bits per heavy atom. The molecule has 3 aromatic rings. The summed E-state index contributed by atoms with van der Waals surface area (Å²) in [6.45, 7) is 1.61. The number of carbonyl (C=O) groups excluding carboxylic acids is 2. The third-order valence-corrected chi connectivity index (χ3v) is 6.46. The van der Waals surface area contributed by atoms with Crippen molar-refractivity contribution in [1.82, 2.24) is 4.90 Å². The summed E-state index contributed by atoms with van der Waals surface area (Å²) in [5.74, 6) is 0.0302. The van der Waals surface area contributed by atoms with E-state index in [4.69, 9.17) is 21.1 Å². The van der Waals surface area contributed by atoms with E-state index in [0.29, 0.717) is 42.7 Å². The number of hydrogen-bond acceptors (Lipinski definition) is 5. The quantitative estimate of drug-likeness (QED) is 0.349. The standard InChI is InChI=1S/C28H26ClF3N2O4/c1-37-27(36)15-20-4-11-25(38-18-19-2-7-23(29)8-3-19)21(14-20)16-33-12-13-34(26(35)17-33)24-9-5-22(6-10-24)28(30,31)32/h2-11,14H,12-13,15-18H2,1H3. The fourth-order valence-electron chi connectivity index (χ4n) is 4.19. The smallest absolute Gasteiger partial charge is 0.416 e. The van der Waals surface area contributed by atoms with E-state index < -0.39 is 11.7 Å². The summed E-state index contributed by atoms with van der Waals surface area (Å²) in [7, 11) is 1.33. The summed E-state index contributed by atoms with van der Waals surface area (Å²) in [5.41, 5.74) is 2.15. The number of carbonyl (C=O) groups is 2. The zero-order valence-corrected chi connectivity index (χ0v) is 21.4. The second kappa shape index (κ2) is 11.9. The van der Waals surface area contributed by atoms with E-state index in [-0.39, 0.29) is 24.8 Å². The lowest BCUT2D eigenvalue weighted by Gasteiger charge is -2.34. The first-order valence-electron chi connectivity index (χ1n) is 11.9. The minimum atomic E-state index is -4.43. The Hall–Kier alpha value is -3.56. The number of piperazine rings is 1. The van der Waals surface area contributed by atoms with Gasteiger partial charge in [-0.3, -0.25) is 14.5 Å². The van der Waals surface area contributed by atoms with Crippen LogP contribution in [0.25, 0.3) is 0 Å². The number of rotatable bonds is 8. The van der Waals surface area contributed by atoms with Crippen molar-refractivity contribution in [3.05, 3.63) is 94.0 Å². The van der Waals surface area contributed by atoms with E-state index in [0.717, 1.165) is 28.8 Å². The van der Waals surface area contributed by atoms with Gasteiger partial charge in [-0.1, -0.05) is 35.9 Å². The second-order valence-electron chi connectivity index (χ2n) is 8.91. The lowest BCUT2D eigenvalue weighted by atomic mass is 10.1. The zero-order chi connectivity index (χ0) is 27.3. The molecule has 200 valence electrons. The third-order valence-electron chi connectivity index (χ3n) is 6.21. The molecule has 0 radical (unpaired) electrons. The molecule has 0 aliphatic carbocycles. The van der Waals surface area contributed by atoms with E-state index in [1.165, 1.54) is 24.1 Å². The predicted molar refractivity (Wildman–Crippen MR) is 137 cm³/mol. The predicted octanol–water partition coefficient (Wildman–Crippen LogP) is 5.50. The van der Waals surface area contributed by atoms with Gasteiger partial charge in [0.1, 0.15) is 12.4 Å². The summed E-state index contributed by atoms with van der Waals surface area (Å²) in [5, 5.41) is 0.627. The first kappa shape index (κ1) is 27.5. The van der Waals surface area contributed by atoms with E-state index in [2.05, 4.69) is 0 Å². The molecule has 1 aliphatic rings. The molecule has 0 N–H and O–H groups in total. The Balaban J connectivity index is 1.46. The highest BCUT2D eigenvalue weighted by Crippen LogP contribution is 2.31. The van der Waals surface area contributed by atoms with E-state index in [1.54, 1.807) is 24.3 Å². The fourth-order valence-corrected chi connectivity index (χ4v) is 4.31.